The molecule has 186 valence electrons. The second kappa shape index (κ2) is 10.0. The van der Waals surface area contributed by atoms with E-state index in [4.69, 9.17) is 9.72 Å². The molecule has 0 bridgehead atoms. The second-order valence-corrected chi connectivity index (χ2v) is 10.2. The van der Waals surface area contributed by atoms with Crippen LogP contribution in [-0.2, 0) is 22.4 Å². The number of imidazole rings is 1. The quantitative estimate of drug-likeness (QED) is 0.553. The smallest absolute Gasteiger partial charge is 0.223 e. The van der Waals surface area contributed by atoms with E-state index >= 15 is 0 Å². The molecule has 1 aromatic heterocycles. The Labute approximate surface area is 208 Å². The predicted molar refractivity (Wildman–Crippen MR) is 142 cm³/mol. The van der Waals surface area contributed by atoms with Gasteiger partial charge in [-0.3, -0.25) is 9.36 Å². The van der Waals surface area contributed by atoms with Crippen LogP contribution in [0.25, 0.3) is 16.7 Å². The molecule has 0 radical (unpaired) electrons. The van der Waals surface area contributed by atoms with Gasteiger partial charge in [0.2, 0.25) is 11.9 Å². The fourth-order valence-corrected chi connectivity index (χ4v) is 5.38. The third-order valence-corrected chi connectivity index (χ3v) is 7.79. The van der Waals surface area contributed by atoms with Crippen LogP contribution in [-0.4, -0.2) is 47.8 Å². The molecule has 0 spiro atoms. The number of anilines is 1. The summed E-state index contributed by atoms with van der Waals surface area (Å²) < 4.78 is 7.76. The zero-order valence-electron chi connectivity index (χ0n) is 21.6. The number of benzene rings is 2. The van der Waals surface area contributed by atoms with E-state index in [1.165, 1.54) is 27.9 Å². The summed E-state index contributed by atoms with van der Waals surface area (Å²) in [5.74, 6) is 1.23. The van der Waals surface area contributed by atoms with Gasteiger partial charge in [0.15, 0.2) is 0 Å². The fraction of sp³-hybridized carbons (Fsp3) is 0.517. The van der Waals surface area contributed by atoms with E-state index in [-0.39, 0.29) is 17.9 Å². The predicted octanol–water partition coefficient (Wildman–Crippen LogP) is 4.89. The molecule has 2 fully saturated rings. The summed E-state index contributed by atoms with van der Waals surface area (Å²) >= 11 is 0. The van der Waals surface area contributed by atoms with Gasteiger partial charge in [-0.25, -0.2) is 4.98 Å². The number of carbonyl (C=O) groups is 1. The Morgan fingerprint density at radius 1 is 1.00 bits per heavy atom. The monoisotopic (exact) mass is 474 g/mol. The number of hydrogen-bond acceptors (Lipinski definition) is 4. The summed E-state index contributed by atoms with van der Waals surface area (Å²) in [5.41, 5.74) is 8.60. The highest BCUT2D eigenvalue weighted by Crippen LogP contribution is 2.32. The molecular formula is C29H38N4O2. The molecule has 0 saturated carbocycles. The van der Waals surface area contributed by atoms with E-state index in [0.29, 0.717) is 6.61 Å². The van der Waals surface area contributed by atoms with Gasteiger partial charge in [-0.15, -0.1) is 0 Å². The van der Waals surface area contributed by atoms with E-state index in [1.54, 1.807) is 0 Å². The molecule has 2 saturated heterocycles. The molecule has 1 amide bonds. The maximum absolute atomic E-state index is 12.8. The van der Waals surface area contributed by atoms with Crippen molar-refractivity contribution in [1.29, 1.82) is 0 Å². The molecule has 0 aliphatic carbocycles. The van der Waals surface area contributed by atoms with Crippen molar-refractivity contribution in [1.82, 2.24) is 14.9 Å². The van der Waals surface area contributed by atoms with Gasteiger partial charge in [-0.1, -0.05) is 19.9 Å². The van der Waals surface area contributed by atoms with Crippen LogP contribution in [0.3, 0.4) is 0 Å². The van der Waals surface area contributed by atoms with Crippen LogP contribution in [0.1, 0.15) is 55.4 Å². The van der Waals surface area contributed by atoms with Crippen molar-refractivity contribution < 1.29 is 9.53 Å². The van der Waals surface area contributed by atoms with Crippen molar-refractivity contribution in [3.63, 3.8) is 0 Å². The third kappa shape index (κ3) is 4.81. The third-order valence-electron chi connectivity index (χ3n) is 7.79. The SMILES string of the molecule is CCc1cc(CC)cc(-n2c(N3CCC(C(=O)NC4CCOC4)CC3)nc3cc(C)c(C)cc32)c1. The molecule has 1 unspecified atom stereocenters. The lowest BCUT2D eigenvalue weighted by Gasteiger charge is -2.33. The highest BCUT2D eigenvalue weighted by molar-refractivity contribution is 5.83. The molecule has 2 aromatic carbocycles. The maximum atomic E-state index is 12.8. The number of nitrogens with zero attached hydrogens (tertiary/aromatic N) is 3. The van der Waals surface area contributed by atoms with E-state index < -0.39 is 0 Å². The summed E-state index contributed by atoms with van der Waals surface area (Å²) in [6.45, 7) is 11.8. The molecular weight excluding hydrogens is 436 g/mol. The Hall–Kier alpha value is -2.86. The molecule has 1 atom stereocenters. The number of piperidine rings is 1. The Morgan fingerprint density at radius 3 is 2.31 bits per heavy atom. The van der Waals surface area contributed by atoms with Crippen molar-refractivity contribution in [2.75, 3.05) is 31.2 Å². The first kappa shape index (κ1) is 23.9. The van der Waals surface area contributed by atoms with E-state index in [0.717, 1.165) is 68.8 Å². The Bertz CT molecular complexity index is 1190. The van der Waals surface area contributed by atoms with Crippen molar-refractivity contribution in [3.8, 4) is 5.69 Å². The van der Waals surface area contributed by atoms with Crippen molar-refractivity contribution in [2.24, 2.45) is 5.92 Å². The number of aryl methyl sites for hydroxylation is 4. The Balaban J connectivity index is 1.47. The van der Waals surface area contributed by atoms with E-state index in [2.05, 4.69) is 72.8 Å². The first-order valence-corrected chi connectivity index (χ1v) is 13.2. The van der Waals surface area contributed by atoms with Gasteiger partial charge in [-0.05, 0) is 92.5 Å². The normalized spacial score (nSPS) is 19.0. The average Bonchev–Trinajstić information content (AvgIpc) is 3.51. The minimum Gasteiger partial charge on any atom is -0.379 e. The van der Waals surface area contributed by atoms with Crippen LogP contribution in [0.2, 0.25) is 0 Å². The molecule has 6 nitrogen and oxygen atoms in total. The first-order valence-electron chi connectivity index (χ1n) is 13.2. The van der Waals surface area contributed by atoms with Crippen molar-refractivity contribution >= 4 is 22.9 Å². The van der Waals surface area contributed by atoms with Crippen LogP contribution in [0.5, 0.6) is 0 Å². The molecule has 2 aliphatic rings. The van der Waals surface area contributed by atoms with Crippen LogP contribution >= 0.6 is 0 Å². The van der Waals surface area contributed by atoms with Crippen LogP contribution in [0.4, 0.5) is 5.95 Å². The van der Waals surface area contributed by atoms with Crippen molar-refractivity contribution in [2.45, 2.75) is 65.8 Å². The number of fused-ring (bicyclic) bond motifs is 1. The zero-order valence-corrected chi connectivity index (χ0v) is 21.6. The zero-order chi connectivity index (χ0) is 24.5. The minimum atomic E-state index is 0.0595. The van der Waals surface area contributed by atoms with Gasteiger partial charge in [0.05, 0.1) is 23.7 Å². The molecule has 3 heterocycles. The first-order chi connectivity index (χ1) is 17.0. The largest absolute Gasteiger partial charge is 0.379 e. The van der Waals surface area contributed by atoms with E-state index in [1.807, 2.05) is 0 Å². The van der Waals surface area contributed by atoms with Gasteiger partial charge < -0.3 is 15.0 Å². The van der Waals surface area contributed by atoms with Gasteiger partial charge in [-0.2, -0.15) is 0 Å². The number of hydrogen-bond donors (Lipinski definition) is 1. The highest BCUT2D eigenvalue weighted by Gasteiger charge is 2.30. The number of aromatic nitrogens is 2. The summed E-state index contributed by atoms with van der Waals surface area (Å²) in [5, 5.41) is 3.20. The van der Waals surface area contributed by atoms with Gasteiger partial charge in [0, 0.05) is 31.3 Å². The van der Waals surface area contributed by atoms with Gasteiger partial charge in [0.1, 0.15) is 0 Å². The van der Waals surface area contributed by atoms with Crippen LogP contribution in [0.15, 0.2) is 30.3 Å². The standard InChI is InChI=1S/C29H38N4O2/c1-5-21-15-22(6-2)17-25(16-21)33-27-14-20(4)19(3)13-26(27)31-29(33)32-10-7-23(8-11-32)28(34)30-24-9-12-35-18-24/h13-17,23-24H,5-12,18H2,1-4H3,(H,30,34). The fourth-order valence-electron chi connectivity index (χ4n) is 5.38. The van der Waals surface area contributed by atoms with Crippen LogP contribution in [0, 0.1) is 19.8 Å². The Kier molecular flexibility index (Phi) is 6.83. The molecule has 6 heteroatoms. The molecule has 35 heavy (non-hydrogen) atoms. The molecule has 5 rings (SSSR count). The lowest BCUT2D eigenvalue weighted by molar-refractivity contribution is -0.126. The summed E-state index contributed by atoms with van der Waals surface area (Å²) in [7, 11) is 0. The summed E-state index contributed by atoms with van der Waals surface area (Å²) in [6, 6.07) is 11.6. The lowest BCUT2D eigenvalue weighted by Crippen LogP contribution is -2.44. The second-order valence-electron chi connectivity index (χ2n) is 10.2. The number of carbonyl (C=O) groups excluding carboxylic acids is 1. The van der Waals surface area contributed by atoms with Gasteiger partial charge in [0.25, 0.3) is 0 Å². The minimum absolute atomic E-state index is 0.0595. The van der Waals surface area contributed by atoms with E-state index in [9.17, 15) is 4.79 Å². The van der Waals surface area contributed by atoms with Crippen LogP contribution < -0.4 is 10.2 Å². The lowest BCUT2D eigenvalue weighted by atomic mass is 9.95. The molecule has 3 aromatic rings. The van der Waals surface area contributed by atoms with Gasteiger partial charge >= 0.3 is 0 Å². The topological polar surface area (TPSA) is 59.4 Å². The summed E-state index contributed by atoms with van der Waals surface area (Å²) in [6.07, 6.45) is 4.62. The Morgan fingerprint density at radius 2 is 1.69 bits per heavy atom. The summed E-state index contributed by atoms with van der Waals surface area (Å²) in [4.78, 5) is 20.4. The number of nitrogens with one attached hydrogen (secondary N) is 1. The average molecular weight is 475 g/mol. The molecule has 1 N–H and O–H groups in total. The maximum Gasteiger partial charge on any atom is 0.223 e. The van der Waals surface area contributed by atoms with Crippen molar-refractivity contribution in [3.05, 3.63) is 52.6 Å². The highest BCUT2D eigenvalue weighted by atomic mass is 16.5. The number of rotatable bonds is 6. The molecule has 2 aliphatic heterocycles. The number of ether oxygens (including phenoxy) is 1. The number of amides is 1.